The van der Waals surface area contributed by atoms with E-state index < -0.39 is 0 Å². The Hall–Kier alpha value is -3.58. The van der Waals surface area contributed by atoms with Crippen LogP contribution >= 0.6 is 0 Å². The van der Waals surface area contributed by atoms with E-state index in [4.69, 9.17) is 6.58 Å². The summed E-state index contributed by atoms with van der Waals surface area (Å²) in [4.78, 5) is 2.40. The highest BCUT2D eigenvalue weighted by molar-refractivity contribution is 5.77. The lowest BCUT2D eigenvalue weighted by molar-refractivity contribution is 0.800. The number of anilines is 1. The third-order valence-corrected chi connectivity index (χ3v) is 5.06. The van der Waals surface area contributed by atoms with Crippen molar-refractivity contribution in [3.05, 3.63) is 144 Å². The molecule has 4 aromatic rings. The van der Waals surface area contributed by atoms with Gasteiger partial charge in [0.05, 0.1) is 0 Å². The van der Waals surface area contributed by atoms with Gasteiger partial charge < -0.3 is 4.90 Å². The van der Waals surface area contributed by atoms with Crippen molar-refractivity contribution in [3.8, 4) is 0 Å². The Morgan fingerprint density at radius 2 is 0.931 bits per heavy atom. The third-order valence-electron chi connectivity index (χ3n) is 5.06. The van der Waals surface area contributed by atoms with Crippen LogP contribution in [0, 0.1) is 6.58 Å². The maximum atomic E-state index is 6.39. The van der Waals surface area contributed by atoms with E-state index in [9.17, 15) is 0 Å². The molecule has 0 saturated heterocycles. The summed E-state index contributed by atoms with van der Waals surface area (Å²) in [5, 5.41) is 0. The average Bonchev–Trinajstić information content (AvgIpc) is 2.80. The molecule has 0 bridgehead atoms. The smallest absolute Gasteiger partial charge is 0.0433 e. The lowest BCUT2D eigenvalue weighted by atomic mass is 9.99. The van der Waals surface area contributed by atoms with Crippen molar-refractivity contribution in [2.45, 2.75) is 13.1 Å². The van der Waals surface area contributed by atoms with E-state index in [0.717, 1.165) is 29.8 Å². The summed E-state index contributed by atoms with van der Waals surface area (Å²) in [7, 11) is 0. The zero-order valence-electron chi connectivity index (χ0n) is 16.4. The first kappa shape index (κ1) is 18.8. The van der Waals surface area contributed by atoms with Gasteiger partial charge in [-0.3, -0.25) is 0 Å². The van der Waals surface area contributed by atoms with Gasteiger partial charge in [0, 0.05) is 18.8 Å². The lowest BCUT2D eigenvalue weighted by Crippen LogP contribution is -2.22. The Bertz CT molecular complexity index is 994. The Balaban J connectivity index is 1.59. The van der Waals surface area contributed by atoms with Crippen LogP contribution < -0.4 is 4.90 Å². The van der Waals surface area contributed by atoms with Crippen LogP contribution in [0.1, 0.15) is 22.3 Å². The van der Waals surface area contributed by atoms with Crippen molar-refractivity contribution in [2.75, 3.05) is 4.90 Å². The van der Waals surface area contributed by atoms with Gasteiger partial charge in [0.1, 0.15) is 0 Å². The molecule has 0 aliphatic heterocycles. The molecule has 0 amide bonds. The molecule has 1 radical (unpaired) electrons. The number of nitrogens with zero attached hydrogens (tertiary/aromatic N) is 1. The Morgan fingerprint density at radius 3 is 1.41 bits per heavy atom. The van der Waals surface area contributed by atoms with Gasteiger partial charge in [0.15, 0.2) is 0 Å². The van der Waals surface area contributed by atoms with Crippen LogP contribution in [0.4, 0.5) is 5.69 Å². The van der Waals surface area contributed by atoms with E-state index in [2.05, 4.69) is 89.8 Å². The molecule has 0 aliphatic rings. The second-order valence-corrected chi connectivity index (χ2v) is 7.15. The molecule has 0 atom stereocenters. The molecule has 4 rings (SSSR count). The molecule has 0 spiro atoms. The Kier molecular flexibility index (Phi) is 5.87. The molecule has 0 saturated carbocycles. The van der Waals surface area contributed by atoms with Crippen molar-refractivity contribution >= 4 is 11.3 Å². The van der Waals surface area contributed by atoms with Gasteiger partial charge in [0.25, 0.3) is 0 Å². The molecule has 0 N–H and O–H groups in total. The minimum Gasteiger partial charge on any atom is -0.363 e. The fourth-order valence-electron chi connectivity index (χ4n) is 3.48. The quantitative estimate of drug-likeness (QED) is 0.345. The molecule has 141 valence electrons. The normalized spacial score (nSPS) is 10.5. The maximum absolute atomic E-state index is 6.39. The second kappa shape index (κ2) is 9.07. The maximum Gasteiger partial charge on any atom is 0.0433 e. The minimum absolute atomic E-state index is 0.801. The molecule has 1 nitrogen and oxygen atoms in total. The zero-order chi connectivity index (χ0) is 19.9. The van der Waals surface area contributed by atoms with E-state index >= 15 is 0 Å². The van der Waals surface area contributed by atoms with Crippen LogP contribution in [0.3, 0.4) is 0 Å². The van der Waals surface area contributed by atoms with Gasteiger partial charge in [-0.1, -0.05) is 110 Å². The fourth-order valence-corrected chi connectivity index (χ4v) is 3.48. The van der Waals surface area contributed by atoms with Gasteiger partial charge >= 0.3 is 0 Å². The summed E-state index contributed by atoms with van der Waals surface area (Å²) in [5.41, 5.74) is 6.66. The van der Waals surface area contributed by atoms with Gasteiger partial charge in [-0.05, 0) is 40.0 Å². The molecule has 29 heavy (non-hydrogen) atoms. The van der Waals surface area contributed by atoms with Gasteiger partial charge in [-0.15, -0.1) is 0 Å². The zero-order valence-corrected chi connectivity index (χ0v) is 16.4. The first-order valence-corrected chi connectivity index (χ1v) is 9.91. The minimum atomic E-state index is 0.801. The molecular weight excluding hydrogens is 350 g/mol. The van der Waals surface area contributed by atoms with Crippen LogP contribution in [0.15, 0.2) is 115 Å². The summed E-state index contributed by atoms with van der Waals surface area (Å²) in [6, 6.07) is 39.8. The Labute approximate surface area is 173 Å². The molecule has 4 aromatic carbocycles. The van der Waals surface area contributed by atoms with Crippen molar-refractivity contribution in [3.63, 3.8) is 0 Å². The molecule has 0 aliphatic carbocycles. The number of hydrogen-bond donors (Lipinski definition) is 0. The summed E-state index contributed by atoms with van der Waals surface area (Å²) in [5.74, 6) is 0. The van der Waals surface area contributed by atoms with Crippen LogP contribution in [0.5, 0.6) is 0 Å². The Morgan fingerprint density at radius 1 is 0.517 bits per heavy atom. The first-order chi connectivity index (χ1) is 14.3. The van der Waals surface area contributed by atoms with Gasteiger partial charge in [0.2, 0.25) is 0 Å². The van der Waals surface area contributed by atoms with Crippen molar-refractivity contribution in [1.82, 2.24) is 0 Å². The lowest BCUT2D eigenvalue weighted by Gasteiger charge is -2.25. The third kappa shape index (κ3) is 4.83. The van der Waals surface area contributed by atoms with Gasteiger partial charge in [-0.2, -0.15) is 0 Å². The number of rotatable bonds is 7. The average molecular weight is 375 g/mol. The monoisotopic (exact) mass is 374 g/mol. The van der Waals surface area contributed by atoms with Crippen LogP contribution in [0.25, 0.3) is 5.57 Å². The van der Waals surface area contributed by atoms with Crippen molar-refractivity contribution < 1.29 is 0 Å². The molecular formula is C28H24N. The molecule has 0 heterocycles. The summed E-state index contributed by atoms with van der Waals surface area (Å²) < 4.78 is 0. The fraction of sp³-hybridized carbons (Fsp3) is 0.0714. The predicted molar refractivity (Wildman–Crippen MR) is 122 cm³/mol. The van der Waals surface area contributed by atoms with Gasteiger partial charge in [-0.25, -0.2) is 0 Å². The molecule has 1 heteroatoms. The standard InChI is InChI=1S/C28H24N/c1-23(26-15-9-4-10-16-26)27-17-19-28(20-18-27)29(21-24-11-5-2-6-12-24)22-25-13-7-3-8-14-25/h1-20H,21-22H2. The summed E-state index contributed by atoms with van der Waals surface area (Å²) in [6.07, 6.45) is 0. The highest BCUT2D eigenvalue weighted by Crippen LogP contribution is 2.26. The molecule has 0 aromatic heterocycles. The molecule has 0 fully saturated rings. The second-order valence-electron chi connectivity index (χ2n) is 7.15. The molecule has 0 unspecified atom stereocenters. The first-order valence-electron chi connectivity index (χ1n) is 9.91. The number of benzene rings is 4. The van der Waals surface area contributed by atoms with Crippen LogP contribution in [0.2, 0.25) is 0 Å². The predicted octanol–water partition coefficient (Wildman–Crippen LogP) is 6.76. The van der Waals surface area contributed by atoms with Crippen molar-refractivity contribution in [2.24, 2.45) is 0 Å². The SMILES string of the molecule is [CH]=C(c1ccccc1)c1ccc(N(Cc2ccccc2)Cc2ccccc2)cc1. The summed E-state index contributed by atoms with van der Waals surface area (Å²) in [6.45, 7) is 8.10. The van der Waals surface area contributed by atoms with Crippen LogP contribution in [-0.2, 0) is 13.1 Å². The number of hydrogen-bond acceptors (Lipinski definition) is 1. The summed E-state index contributed by atoms with van der Waals surface area (Å²) >= 11 is 0. The van der Waals surface area contributed by atoms with E-state index in [-0.39, 0.29) is 0 Å². The van der Waals surface area contributed by atoms with E-state index in [1.54, 1.807) is 0 Å². The van der Waals surface area contributed by atoms with E-state index in [0.29, 0.717) is 0 Å². The van der Waals surface area contributed by atoms with E-state index in [1.807, 2.05) is 30.3 Å². The highest BCUT2D eigenvalue weighted by atomic mass is 15.1. The van der Waals surface area contributed by atoms with Crippen molar-refractivity contribution in [1.29, 1.82) is 0 Å². The topological polar surface area (TPSA) is 3.24 Å². The highest BCUT2D eigenvalue weighted by Gasteiger charge is 2.10. The van der Waals surface area contributed by atoms with Crippen LogP contribution in [-0.4, -0.2) is 0 Å². The van der Waals surface area contributed by atoms with E-state index in [1.165, 1.54) is 16.8 Å². The largest absolute Gasteiger partial charge is 0.363 e.